The maximum atomic E-state index is 12.5. The predicted molar refractivity (Wildman–Crippen MR) is 73.4 cm³/mol. The first-order chi connectivity index (χ1) is 9.17. The second-order valence-corrected chi connectivity index (χ2v) is 4.23. The van der Waals surface area contributed by atoms with Gasteiger partial charge in [-0.1, -0.05) is 6.92 Å². The van der Waals surface area contributed by atoms with Crippen molar-refractivity contribution in [2.45, 2.75) is 19.9 Å². The van der Waals surface area contributed by atoms with Crippen molar-refractivity contribution in [1.82, 2.24) is 9.55 Å². The van der Waals surface area contributed by atoms with Gasteiger partial charge in [0.2, 0.25) is 5.78 Å². The zero-order valence-electron chi connectivity index (χ0n) is 11.1. The minimum Gasteiger partial charge on any atom is -0.497 e. The van der Waals surface area contributed by atoms with Crippen molar-refractivity contribution in [1.29, 1.82) is 0 Å². The summed E-state index contributed by atoms with van der Waals surface area (Å²) < 4.78 is 6.95. The van der Waals surface area contributed by atoms with Crippen LogP contribution in [0.15, 0.2) is 30.6 Å². The van der Waals surface area contributed by atoms with E-state index in [1.165, 1.54) is 0 Å². The molecule has 0 fully saturated rings. The molecule has 0 aliphatic rings. The summed E-state index contributed by atoms with van der Waals surface area (Å²) in [6.45, 7) is 2.80. The van der Waals surface area contributed by atoms with Crippen molar-refractivity contribution in [3.63, 3.8) is 0 Å². The van der Waals surface area contributed by atoms with Gasteiger partial charge in [0.1, 0.15) is 5.75 Å². The van der Waals surface area contributed by atoms with Crippen LogP contribution in [0.5, 0.6) is 5.75 Å². The van der Waals surface area contributed by atoms with Crippen LogP contribution in [0.2, 0.25) is 0 Å². The van der Waals surface area contributed by atoms with E-state index in [1.54, 1.807) is 37.7 Å². The third-order valence-corrected chi connectivity index (χ3v) is 2.89. The predicted octanol–water partition coefficient (Wildman–Crippen LogP) is 2.11. The van der Waals surface area contributed by atoms with Crippen LogP contribution in [0.3, 0.4) is 0 Å². The van der Waals surface area contributed by atoms with Gasteiger partial charge in [0.25, 0.3) is 0 Å². The van der Waals surface area contributed by atoms with Gasteiger partial charge in [0.05, 0.1) is 12.7 Å². The fourth-order valence-electron chi connectivity index (χ4n) is 1.92. The number of nitrogens with two attached hydrogens (primary N) is 1. The second kappa shape index (κ2) is 5.56. The first-order valence-electron chi connectivity index (χ1n) is 6.16. The minimum absolute atomic E-state index is 0.185. The minimum atomic E-state index is -0.185. The molecule has 5 nitrogen and oxygen atoms in total. The molecule has 1 aromatic heterocycles. The number of carbonyl (C=O) groups is 1. The Labute approximate surface area is 112 Å². The molecule has 0 aliphatic carbocycles. The Bertz CT molecular complexity index is 590. The van der Waals surface area contributed by atoms with Crippen LogP contribution in [0.4, 0.5) is 5.69 Å². The SMILES string of the molecule is CCCn1ccnc1C(=O)c1cc(OC)ccc1N. The summed E-state index contributed by atoms with van der Waals surface area (Å²) in [7, 11) is 1.55. The van der Waals surface area contributed by atoms with Crippen LogP contribution in [-0.2, 0) is 6.54 Å². The van der Waals surface area contributed by atoms with E-state index in [0.29, 0.717) is 22.8 Å². The summed E-state index contributed by atoms with van der Waals surface area (Å²) in [5.74, 6) is 0.822. The Hall–Kier alpha value is -2.30. The van der Waals surface area contributed by atoms with Crippen LogP contribution in [0.1, 0.15) is 29.5 Å². The molecule has 0 saturated heterocycles. The van der Waals surface area contributed by atoms with Crippen molar-refractivity contribution < 1.29 is 9.53 Å². The summed E-state index contributed by atoms with van der Waals surface area (Å²) in [5.41, 5.74) is 6.71. The number of aromatic nitrogens is 2. The number of methoxy groups -OCH3 is 1. The molecule has 2 aromatic rings. The van der Waals surface area contributed by atoms with Gasteiger partial charge in [-0.05, 0) is 24.6 Å². The van der Waals surface area contributed by atoms with Crippen molar-refractivity contribution in [3.8, 4) is 5.75 Å². The highest BCUT2D eigenvalue weighted by atomic mass is 16.5. The first kappa shape index (κ1) is 13.1. The molecule has 0 spiro atoms. The molecule has 0 atom stereocenters. The average molecular weight is 259 g/mol. The largest absolute Gasteiger partial charge is 0.497 e. The summed E-state index contributed by atoms with van der Waals surface area (Å²) in [5, 5.41) is 0. The lowest BCUT2D eigenvalue weighted by atomic mass is 10.1. The van der Waals surface area contributed by atoms with Crippen molar-refractivity contribution >= 4 is 11.5 Å². The van der Waals surface area contributed by atoms with Crippen LogP contribution < -0.4 is 10.5 Å². The second-order valence-electron chi connectivity index (χ2n) is 4.23. The summed E-state index contributed by atoms with van der Waals surface area (Å²) in [6.07, 6.45) is 4.36. The molecule has 2 rings (SSSR count). The molecule has 1 aromatic carbocycles. The first-order valence-corrected chi connectivity index (χ1v) is 6.16. The highest BCUT2D eigenvalue weighted by Crippen LogP contribution is 2.22. The van der Waals surface area contributed by atoms with E-state index >= 15 is 0 Å². The van der Waals surface area contributed by atoms with Gasteiger partial charge in [-0.3, -0.25) is 4.79 Å². The lowest BCUT2D eigenvalue weighted by Crippen LogP contribution is -2.13. The van der Waals surface area contributed by atoms with Gasteiger partial charge in [-0.2, -0.15) is 0 Å². The van der Waals surface area contributed by atoms with E-state index in [9.17, 15) is 4.79 Å². The van der Waals surface area contributed by atoms with Gasteiger partial charge in [-0.15, -0.1) is 0 Å². The normalized spacial score (nSPS) is 10.4. The molecule has 0 bridgehead atoms. The molecule has 0 radical (unpaired) electrons. The van der Waals surface area contributed by atoms with Crippen LogP contribution in [0, 0.1) is 0 Å². The number of imidazole rings is 1. The molecule has 1 heterocycles. The zero-order valence-corrected chi connectivity index (χ0v) is 11.1. The van der Waals surface area contributed by atoms with E-state index in [-0.39, 0.29) is 5.78 Å². The molecular formula is C14H17N3O2. The standard InChI is InChI=1S/C14H17N3O2/c1-3-7-17-8-6-16-14(17)13(18)11-9-10(19-2)4-5-12(11)15/h4-6,8-9H,3,7,15H2,1-2H3. The van der Waals surface area contributed by atoms with Crippen molar-refractivity contribution in [2.75, 3.05) is 12.8 Å². The quantitative estimate of drug-likeness (QED) is 0.659. The van der Waals surface area contributed by atoms with Crippen molar-refractivity contribution in [2.24, 2.45) is 0 Å². The van der Waals surface area contributed by atoms with Gasteiger partial charge >= 0.3 is 0 Å². The van der Waals surface area contributed by atoms with E-state index in [0.717, 1.165) is 13.0 Å². The van der Waals surface area contributed by atoms with E-state index in [2.05, 4.69) is 4.98 Å². The van der Waals surface area contributed by atoms with E-state index in [1.807, 2.05) is 11.5 Å². The number of carbonyl (C=O) groups excluding carboxylic acids is 1. The highest BCUT2D eigenvalue weighted by Gasteiger charge is 2.18. The summed E-state index contributed by atoms with van der Waals surface area (Å²) >= 11 is 0. The number of hydrogen-bond donors (Lipinski definition) is 1. The average Bonchev–Trinajstić information content (AvgIpc) is 2.87. The molecule has 0 saturated carbocycles. The van der Waals surface area contributed by atoms with E-state index < -0.39 is 0 Å². The number of ketones is 1. The number of benzene rings is 1. The number of nitrogen functional groups attached to an aromatic ring is 1. The molecule has 2 N–H and O–H groups in total. The van der Waals surface area contributed by atoms with Gasteiger partial charge in [0, 0.05) is 24.6 Å². The maximum absolute atomic E-state index is 12.5. The lowest BCUT2D eigenvalue weighted by Gasteiger charge is -2.09. The van der Waals surface area contributed by atoms with Crippen LogP contribution in [0.25, 0.3) is 0 Å². The molecule has 0 unspecified atom stereocenters. The number of rotatable bonds is 5. The number of anilines is 1. The Morgan fingerprint density at radius 2 is 2.26 bits per heavy atom. The third kappa shape index (κ3) is 2.59. The summed E-state index contributed by atoms with van der Waals surface area (Å²) in [6, 6.07) is 5.03. The van der Waals surface area contributed by atoms with Crippen LogP contribution in [-0.4, -0.2) is 22.4 Å². The lowest BCUT2D eigenvalue weighted by molar-refractivity contribution is 0.102. The van der Waals surface area contributed by atoms with Gasteiger partial charge < -0.3 is 15.0 Å². The molecule has 19 heavy (non-hydrogen) atoms. The molecule has 100 valence electrons. The Morgan fingerprint density at radius 1 is 1.47 bits per heavy atom. The topological polar surface area (TPSA) is 70.1 Å². The third-order valence-electron chi connectivity index (χ3n) is 2.89. The number of nitrogens with zero attached hydrogens (tertiary/aromatic N) is 2. The van der Waals surface area contributed by atoms with Gasteiger partial charge in [-0.25, -0.2) is 4.98 Å². The number of ether oxygens (including phenoxy) is 1. The molecule has 0 aliphatic heterocycles. The van der Waals surface area contributed by atoms with E-state index in [4.69, 9.17) is 10.5 Å². The highest BCUT2D eigenvalue weighted by molar-refractivity contribution is 6.10. The molecule has 5 heteroatoms. The molecular weight excluding hydrogens is 242 g/mol. The Kier molecular flexibility index (Phi) is 3.85. The maximum Gasteiger partial charge on any atom is 0.230 e. The fourth-order valence-corrected chi connectivity index (χ4v) is 1.92. The summed E-state index contributed by atoms with van der Waals surface area (Å²) in [4.78, 5) is 16.6. The molecule has 0 amide bonds. The van der Waals surface area contributed by atoms with Crippen molar-refractivity contribution in [3.05, 3.63) is 42.0 Å². The monoisotopic (exact) mass is 259 g/mol. The van der Waals surface area contributed by atoms with Crippen LogP contribution >= 0.6 is 0 Å². The number of hydrogen-bond acceptors (Lipinski definition) is 4. The van der Waals surface area contributed by atoms with Gasteiger partial charge in [0.15, 0.2) is 5.82 Å². The number of aryl methyl sites for hydroxylation is 1. The Balaban J connectivity index is 2.40. The fraction of sp³-hybridized carbons (Fsp3) is 0.286. The zero-order chi connectivity index (χ0) is 13.8. The smallest absolute Gasteiger partial charge is 0.230 e. The Morgan fingerprint density at radius 3 is 2.95 bits per heavy atom.